The normalized spacial score (nSPS) is 12.2. The highest BCUT2D eigenvalue weighted by molar-refractivity contribution is 5.79. The number of carbonyl (C=O) groups is 1. The largest absolute Gasteiger partial charge is 0.491 e. The van der Waals surface area contributed by atoms with Gasteiger partial charge in [-0.25, -0.2) is 0 Å². The number of benzene rings is 1. The summed E-state index contributed by atoms with van der Waals surface area (Å²) >= 11 is 0. The maximum absolute atomic E-state index is 10.8. The standard InChI is InChI=1S/C12H18N2O2/c1-7-4-5-8(2)11(9(7)3)16-6-10(13)12(14)15/h4-5,10H,6,13H2,1-3H3,(H2,14,15). The molecule has 0 aliphatic heterocycles. The Morgan fingerprint density at radius 2 is 1.88 bits per heavy atom. The van der Waals surface area contributed by atoms with Crippen LogP contribution in [0.1, 0.15) is 16.7 Å². The molecule has 0 saturated carbocycles. The number of nitrogens with two attached hydrogens (primary N) is 2. The Kier molecular flexibility index (Phi) is 3.90. The van der Waals surface area contributed by atoms with Crippen molar-refractivity contribution in [3.05, 3.63) is 28.8 Å². The second kappa shape index (κ2) is 4.99. The van der Waals surface area contributed by atoms with Crippen LogP contribution in [-0.2, 0) is 4.79 Å². The molecule has 0 spiro atoms. The fraction of sp³-hybridized carbons (Fsp3) is 0.417. The average Bonchev–Trinajstić information content (AvgIpc) is 2.23. The fourth-order valence-electron chi connectivity index (χ4n) is 1.40. The van der Waals surface area contributed by atoms with Crippen LogP contribution in [0, 0.1) is 20.8 Å². The average molecular weight is 222 g/mol. The summed E-state index contributed by atoms with van der Waals surface area (Å²) in [5.74, 6) is 0.236. The van der Waals surface area contributed by atoms with Crippen molar-refractivity contribution in [3.63, 3.8) is 0 Å². The molecule has 4 heteroatoms. The van der Waals surface area contributed by atoms with Crippen molar-refractivity contribution < 1.29 is 9.53 Å². The van der Waals surface area contributed by atoms with Crippen LogP contribution < -0.4 is 16.2 Å². The highest BCUT2D eigenvalue weighted by atomic mass is 16.5. The Balaban J connectivity index is 2.81. The second-order valence-electron chi connectivity index (χ2n) is 3.97. The molecule has 0 radical (unpaired) electrons. The third-order valence-electron chi connectivity index (χ3n) is 2.65. The van der Waals surface area contributed by atoms with Crippen molar-refractivity contribution in [3.8, 4) is 5.75 Å². The van der Waals surface area contributed by atoms with E-state index in [9.17, 15) is 4.79 Å². The maximum atomic E-state index is 10.8. The van der Waals surface area contributed by atoms with Gasteiger partial charge in [-0.05, 0) is 37.5 Å². The van der Waals surface area contributed by atoms with Crippen molar-refractivity contribution in [1.82, 2.24) is 0 Å². The van der Waals surface area contributed by atoms with Crippen molar-refractivity contribution >= 4 is 5.91 Å². The number of amides is 1. The number of ether oxygens (including phenoxy) is 1. The maximum Gasteiger partial charge on any atom is 0.237 e. The molecule has 0 bridgehead atoms. The topological polar surface area (TPSA) is 78.3 Å². The van der Waals surface area contributed by atoms with Gasteiger partial charge in [0.25, 0.3) is 0 Å². The lowest BCUT2D eigenvalue weighted by Gasteiger charge is -2.15. The quantitative estimate of drug-likeness (QED) is 0.791. The number of carbonyl (C=O) groups excluding carboxylic acids is 1. The molecule has 1 unspecified atom stereocenters. The van der Waals surface area contributed by atoms with E-state index >= 15 is 0 Å². The Morgan fingerprint density at radius 3 is 2.44 bits per heavy atom. The summed E-state index contributed by atoms with van der Waals surface area (Å²) in [5.41, 5.74) is 13.8. The van der Waals surface area contributed by atoms with Gasteiger partial charge in [-0.3, -0.25) is 4.79 Å². The summed E-state index contributed by atoms with van der Waals surface area (Å²) in [6.07, 6.45) is 0. The highest BCUT2D eigenvalue weighted by Gasteiger charge is 2.12. The lowest BCUT2D eigenvalue weighted by Crippen LogP contribution is -2.41. The molecule has 16 heavy (non-hydrogen) atoms. The predicted molar refractivity (Wildman–Crippen MR) is 63.3 cm³/mol. The van der Waals surface area contributed by atoms with E-state index < -0.39 is 11.9 Å². The van der Waals surface area contributed by atoms with E-state index in [1.807, 2.05) is 32.9 Å². The van der Waals surface area contributed by atoms with Gasteiger partial charge in [-0.2, -0.15) is 0 Å². The Hall–Kier alpha value is -1.55. The molecule has 0 saturated heterocycles. The molecule has 1 atom stereocenters. The van der Waals surface area contributed by atoms with Crippen molar-refractivity contribution in [1.29, 1.82) is 0 Å². The first-order valence-electron chi connectivity index (χ1n) is 5.18. The summed E-state index contributed by atoms with van der Waals surface area (Å²) in [4.78, 5) is 10.8. The summed E-state index contributed by atoms with van der Waals surface area (Å²) < 4.78 is 5.55. The van der Waals surface area contributed by atoms with Gasteiger partial charge in [0.2, 0.25) is 5.91 Å². The fourth-order valence-corrected chi connectivity index (χ4v) is 1.40. The summed E-state index contributed by atoms with van der Waals surface area (Å²) in [7, 11) is 0. The number of hydrogen-bond acceptors (Lipinski definition) is 3. The summed E-state index contributed by atoms with van der Waals surface area (Å²) in [5, 5.41) is 0. The van der Waals surface area contributed by atoms with Crippen molar-refractivity contribution in [2.45, 2.75) is 26.8 Å². The van der Waals surface area contributed by atoms with Crippen molar-refractivity contribution in [2.75, 3.05) is 6.61 Å². The molecular formula is C12H18N2O2. The second-order valence-corrected chi connectivity index (χ2v) is 3.97. The van der Waals surface area contributed by atoms with Crippen LogP contribution >= 0.6 is 0 Å². The molecule has 1 rings (SSSR count). The van der Waals surface area contributed by atoms with Gasteiger partial charge in [0.15, 0.2) is 0 Å². The molecule has 88 valence electrons. The van der Waals surface area contributed by atoms with Gasteiger partial charge in [0.1, 0.15) is 18.4 Å². The summed E-state index contributed by atoms with van der Waals surface area (Å²) in [6.45, 7) is 6.06. The third kappa shape index (κ3) is 2.73. The lowest BCUT2D eigenvalue weighted by molar-refractivity contribution is -0.119. The first-order chi connectivity index (χ1) is 7.43. The van der Waals surface area contributed by atoms with Crippen LogP contribution in [0.4, 0.5) is 0 Å². The van der Waals surface area contributed by atoms with E-state index in [-0.39, 0.29) is 6.61 Å². The van der Waals surface area contributed by atoms with Crippen LogP contribution in [0.3, 0.4) is 0 Å². The molecule has 0 aliphatic carbocycles. The number of aryl methyl sites for hydroxylation is 2. The van der Waals surface area contributed by atoms with Gasteiger partial charge < -0.3 is 16.2 Å². The SMILES string of the molecule is Cc1ccc(C)c(OCC(N)C(N)=O)c1C. The van der Waals surface area contributed by atoms with E-state index in [0.717, 1.165) is 22.4 Å². The molecule has 0 heterocycles. The van der Waals surface area contributed by atoms with Crippen LogP contribution in [0.5, 0.6) is 5.75 Å². The molecule has 0 aromatic heterocycles. The number of primary amides is 1. The molecule has 1 amide bonds. The van der Waals surface area contributed by atoms with Gasteiger partial charge >= 0.3 is 0 Å². The Bertz CT molecular complexity index is 402. The predicted octanol–water partition coefficient (Wildman–Crippen LogP) is 0.803. The van der Waals surface area contributed by atoms with Crippen LogP contribution in [0.25, 0.3) is 0 Å². The Morgan fingerprint density at radius 1 is 1.31 bits per heavy atom. The van der Waals surface area contributed by atoms with Crippen molar-refractivity contribution in [2.24, 2.45) is 11.5 Å². The molecule has 4 N–H and O–H groups in total. The molecule has 0 aliphatic rings. The molecule has 1 aromatic rings. The highest BCUT2D eigenvalue weighted by Crippen LogP contribution is 2.25. The zero-order valence-electron chi connectivity index (χ0n) is 9.91. The van der Waals surface area contributed by atoms with Crippen LogP contribution in [0.2, 0.25) is 0 Å². The third-order valence-corrected chi connectivity index (χ3v) is 2.65. The van der Waals surface area contributed by atoms with Gasteiger partial charge in [-0.15, -0.1) is 0 Å². The van der Waals surface area contributed by atoms with E-state index in [0.29, 0.717) is 0 Å². The minimum atomic E-state index is -0.765. The van der Waals surface area contributed by atoms with Gasteiger partial charge in [-0.1, -0.05) is 12.1 Å². The van der Waals surface area contributed by atoms with E-state index in [1.54, 1.807) is 0 Å². The lowest BCUT2D eigenvalue weighted by atomic mass is 10.1. The zero-order valence-corrected chi connectivity index (χ0v) is 9.91. The van der Waals surface area contributed by atoms with E-state index in [2.05, 4.69) is 0 Å². The molecule has 1 aromatic carbocycles. The zero-order chi connectivity index (χ0) is 12.3. The first-order valence-corrected chi connectivity index (χ1v) is 5.18. The van der Waals surface area contributed by atoms with Crippen LogP contribution in [0.15, 0.2) is 12.1 Å². The first kappa shape index (κ1) is 12.5. The molecule has 0 fully saturated rings. The monoisotopic (exact) mass is 222 g/mol. The smallest absolute Gasteiger partial charge is 0.237 e. The molecular weight excluding hydrogens is 204 g/mol. The van der Waals surface area contributed by atoms with E-state index in [4.69, 9.17) is 16.2 Å². The van der Waals surface area contributed by atoms with Gasteiger partial charge in [0, 0.05) is 0 Å². The number of rotatable bonds is 4. The molecule has 4 nitrogen and oxygen atoms in total. The number of hydrogen-bond donors (Lipinski definition) is 2. The minimum absolute atomic E-state index is 0.112. The van der Waals surface area contributed by atoms with E-state index in [1.165, 1.54) is 0 Å². The van der Waals surface area contributed by atoms with Gasteiger partial charge in [0.05, 0.1) is 0 Å². The minimum Gasteiger partial charge on any atom is -0.491 e. The summed E-state index contributed by atoms with van der Waals surface area (Å²) in [6, 6.07) is 3.25. The van der Waals surface area contributed by atoms with Crippen LogP contribution in [-0.4, -0.2) is 18.6 Å². The Labute approximate surface area is 95.6 Å².